The third-order valence-corrected chi connectivity index (χ3v) is 5.78. The van der Waals surface area contributed by atoms with E-state index in [0.717, 1.165) is 6.42 Å². The van der Waals surface area contributed by atoms with Gasteiger partial charge in [-0.05, 0) is 49.9 Å². The highest BCUT2D eigenvalue weighted by Crippen LogP contribution is 2.46. The second kappa shape index (κ2) is 8.86. The summed E-state index contributed by atoms with van der Waals surface area (Å²) in [5.41, 5.74) is 1.25. The topological polar surface area (TPSA) is 99.4 Å². The zero-order valence-electron chi connectivity index (χ0n) is 14.4. The first kappa shape index (κ1) is 21.4. The third-order valence-electron chi connectivity index (χ3n) is 5.04. The Morgan fingerprint density at radius 1 is 1.27 bits per heavy atom. The molecule has 0 aliphatic carbocycles. The molecule has 10 heteroatoms. The fourth-order valence-corrected chi connectivity index (χ4v) is 4.25. The Bertz CT molecular complexity index is 751. The number of halogens is 2. The molecular weight excluding hydrogens is 403 g/mol. The zero-order chi connectivity index (χ0) is 19.5. The van der Waals surface area contributed by atoms with Crippen LogP contribution < -0.4 is 0 Å². The first-order chi connectivity index (χ1) is 12.1. The molecule has 0 unspecified atom stereocenters. The van der Waals surface area contributed by atoms with E-state index < -0.39 is 10.4 Å². The number of hydrogen-bond acceptors (Lipinski definition) is 5. The number of hydrogen-bond donors (Lipinski definition) is 2. The summed E-state index contributed by atoms with van der Waals surface area (Å²) in [6.07, 6.45) is 5.58. The Morgan fingerprint density at radius 2 is 1.92 bits per heavy atom. The van der Waals surface area contributed by atoms with Gasteiger partial charge in [-0.3, -0.25) is 14.0 Å². The van der Waals surface area contributed by atoms with Gasteiger partial charge in [0.05, 0.1) is 10.0 Å². The van der Waals surface area contributed by atoms with Crippen LogP contribution in [0.4, 0.5) is 0 Å². The molecule has 0 radical (unpaired) electrons. The molecular formula is C16H22Cl2N2O5S. The average Bonchev–Trinajstić information content (AvgIpc) is 2.78. The van der Waals surface area contributed by atoms with Gasteiger partial charge in [-0.25, -0.2) is 0 Å². The molecule has 2 heterocycles. The van der Waals surface area contributed by atoms with Gasteiger partial charge in [-0.1, -0.05) is 34.4 Å². The molecule has 2 aliphatic heterocycles. The Morgan fingerprint density at radius 3 is 2.50 bits per heavy atom. The predicted molar refractivity (Wildman–Crippen MR) is 102 cm³/mol. The highest BCUT2D eigenvalue weighted by Gasteiger charge is 2.45. The van der Waals surface area contributed by atoms with Gasteiger partial charge in [0.1, 0.15) is 7.11 Å². The summed E-state index contributed by atoms with van der Waals surface area (Å²) in [7, 11) is -0.851. The minimum atomic E-state index is -4.67. The molecule has 2 aliphatic rings. The van der Waals surface area contributed by atoms with Crippen molar-refractivity contribution >= 4 is 39.8 Å². The van der Waals surface area contributed by atoms with Gasteiger partial charge in [-0.15, -0.1) is 0 Å². The Hall–Kier alpha value is -0.900. The smallest absolute Gasteiger partial charge is 0.394 e. The Labute approximate surface area is 163 Å². The van der Waals surface area contributed by atoms with E-state index in [-0.39, 0.29) is 0 Å². The lowest BCUT2D eigenvalue weighted by Crippen LogP contribution is -2.46. The standard InChI is InChI=1S/C16H20Cl2N2O.H2O4S/c1-20-11-4-6-16(20)13(9-19-21-2)12(8-11)10-3-5-14(17)15(18)7-10;1-5(2,3)4/h3,5,7,9,11-13,16H,4,6,8H2,1-2H3;(H2,1,2,3,4)/t11-,12+,13+,16+;/m0./s1. The van der Waals surface area contributed by atoms with E-state index in [0.29, 0.717) is 34.0 Å². The number of piperidine rings is 1. The lowest BCUT2D eigenvalue weighted by molar-refractivity contribution is 0.131. The van der Waals surface area contributed by atoms with Crippen LogP contribution in [0.15, 0.2) is 23.4 Å². The van der Waals surface area contributed by atoms with Crippen LogP contribution in [0.3, 0.4) is 0 Å². The van der Waals surface area contributed by atoms with Gasteiger partial charge < -0.3 is 4.84 Å². The molecule has 1 aromatic carbocycles. The quantitative estimate of drug-likeness (QED) is 0.437. The number of fused-ring (bicyclic) bond motifs is 2. The maximum absolute atomic E-state index is 8.74. The largest absolute Gasteiger partial charge is 0.399 e. The van der Waals surface area contributed by atoms with E-state index in [1.165, 1.54) is 18.4 Å². The molecule has 2 N–H and O–H groups in total. The number of oxime groups is 1. The monoisotopic (exact) mass is 424 g/mol. The maximum atomic E-state index is 8.74. The molecule has 3 rings (SSSR count). The van der Waals surface area contributed by atoms with Crippen molar-refractivity contribution in [3.63, 3.8) is 0 Å². The van der Waals surface area contributed by atoms with Crippen molar-refractivity contribution in [1.82, 2.24) is 4.90 Å². The fourth-order valence-electron chi connectivity index (χ4n) is 3.94. The van der Waals surface area contributed by atoms with Crippen LogP contribution in [0.2, 0.25) is 10.0 Å². The lowest BCUT2D eigenvalue weighted by atomic mass is 9.77. The molecule has 26 heavy (non-hydrogen) atoms. The third kappa shape index (κ3) is 5.55. The SMILES string of the molecule is CON=C[C@@H]1[C@@H](c2ccc(Cl)c(Cl)c2)C[C@@H]2CC[C@H]1N2C.O=S(=O)(O)O. The molecule has 146 valence electrons. The molecule has 4 atom stereocenters. The summed E-state index contributed by atoms with van der Waals surface area (Å²) in [6, 6.07) is 7.18. The van der Waals surface area contributed by atoms with E-state index in [1.54, 1.807) is 7.11 Å². The number of rotatable bonds is 3. The minimum Gasteiger partial charge on any atom is -0.399 e. The normalized spacial score (nSPS) is 28.7. The fraction of sp³-hybridized carbons (Fsp3) is 0.562. The first-order valence-electron chi connectivity index (χ1n) is 8.05. The maximum Gasteiger partial charge on any atom is 0.394 e. The second-order valence-electron chi connectivity index (χ2n) is 6.44. The van der Waals surface area contributed by atoms with Gasteiger partial charge in [0.25, 0.3) is 0 Å². The van der Waals surface area contributed by atoms with Crippen molar-refractivity contribution < 1.29 is 22.4 Å². The lowest BCUT2D eigenvalue weighted by Gasteiger charge is -2.41. The Kier molecular flexibility index (Phi) is 7.29. The summed E-state index contributed by atoms with van der Waals surface area (Å²) in [6.45, 7) is 0. The van der Waals surface area contributed by atoms with E-state index in [9.17, 15) is 0 Å². The van der Waals surface area contributed by atoms with Gasteiger partial charge in [0.2, 0.25) is 0 Å². The van der Waals surface area contributed by atoms with Crippen LogP contribution >= 0.6 is 23.2 Å². The molecule has 1 aromatic rings. The van der Waals surface area contributed by atoms with E-state index in [4.69, 9.17) is 45.6 Å². The molecule has 0 spiro atoms. The molecule has 2 bridgehead atoms. The van der Waals surface area contributed by atoms with Crippen LogP contribution in [-0.2, 0) is 15.2 Å². The average molecular weight is 425 g/mol. The summed E-state index contributed by atoms with van der Waals surface area (Å²) >= 11 is 12.2. The second-order valence-corrected chi connectivity index (χ2v) is 8.15. The van der Waals surface area contributed by atoms with Gasteiger partial charge in [0, 0.05) is 24.2 Å². The molecule has 2 saturated heterocycles. The van der Waals surface area contributed by atoms with Gasteiger partial charge in [-0.2, -0.15) is 8.42 Å². The number of benzene rings is 1. The van der Waals surface area contributed by atoms with E-state index in [1.807, 2.05) is 18.3 Å². The van der Waals surface area contributed by atoms with Gasteiger partial charge >= 0.3 is 10.4 Å². The molecule has 7 nitrogen and oxygen atoms in total. The van der Waals surface area contributed by atoms with Crippen LogP contribution in [0, 0.1) is 5.92 Å². The molecule has 2 fully saturated rings. The van der Waals surface area contributed by atoms with Gasteiger partial charge in [0.15, 0.2) is 0 Å². The van der Waals surface area contributed by atoms with Crippen molar-refractivity contribution in [2.45, 2.75) is 37.3 Å². The van der Waals surface area contributed by atoms with Crippen molar-refractivity contribution in [3.8, 4) is 0 Å². The molecule has 0 aromatic heterocycles. The summed E-state index contributed by atoms with van der Waals surface area (Å²) in [5, 5.41) is 5.29. The van der Waals surface area contributed by atoms with Crippen LogP contribution in [0.1, 0.15) is 30.7 Å². The highest BCUT2D eigenvalue weighted by atomic mass is 35.5. The molecule has 0 amide bonds. The first-order valence-corrected chi connectivity index (χ1v) is 10.2. The van der Waals surface area contributed by atoms with Crippen molar-refractivity contribution in [2.75, 3.05) is 14.2 Å². The summed E-state index contributed by atoms with van der Waals surface area (Å²) in [5.74, 6) is 0.776. The predicted octanol–water partition coefficient (Wildman–Crippen LogP) is 3.54. The Balaban J connectivity index is 0.000000431. The highest BCUT2D eigenvalue weighted by molar-refractivity contribution is 7.79. The van der Waals surface area contributed by atoms with E-state index >= 15 is 0 Å². The van der Waals surface area contributed by atoms with Crippen molar-refractivity contribution in [3.05, 3.63) is 33.8 Å². The summed E-state index contributed by atoms with van der Waals surface area (Å²) < 4.78 is 31.6. The van der Waals surface area contributed by atoms with Crippen LogP contribution in [0.25, 0.3) is 0 Å². The van der Waals surface area contributed by atoms with Crippen LogP contribution in [0.5, 0.6) is 0 Å². The minimum absolute atomic E-state index is 0.353. The van der Waals surface area contributed by atoms with Crippen molar-refractivity contribution in [2.24, 2.45) is 11.1 Å². The zero-order valence-corrected chi connectivity index (χ0v) is 16.7. The molecule has 0 saturated carbocycles. The van der Waals surface area contributed by atoms with Crippen molar-refractivity contribution in [1.29, 1.82) is 0 Å². The van der Waals surface area contributed by atoms with Crippen LogP contribution in [-0.4, -0.2) is 54.9 Å². The number of nitrogens with zero attached hydrogens (tertiary/aromatic N) is 2. The summed E-state index contributed by atoms with van der Waals surface area (Å²) in [4.78, 5) is 7.42. The van der Waals surface area contributed by atoms with E-state index in [2.05, 4.69) is 23.2 Å².